The number of carbonyl (C=O) groups excluding carboxylic acids is 2. The van der Waals surface area contributed by atoms with Crippen molar-refractivity contribution in [1.82, 2.24) is 9.88 Å². The molecule has 6 nitrogen and oxygen atoms in total. The number of benzene rings is 1. The number of para-hydroxylation sites is 2. The van der Waals surface area contributed by atoms with E-state index in [1.54, 1.807) is 11.8 Å². The third kappa shape index (κ3) is 3.72. The number of piperidine rings is 1. The van der Waals surface area contributed by atoms with Gasteiger partial charge in [-0.05, 0) is 38.3 Å². The van der Waals surface area contributed by atoms with Gasteiger partial charge in [0.1, 0.15) is 11.6 Å². The van der Waals surface area contributed by atoms with Crippen molar-refractivity contribution in [3.63, 3.8) is 0 Å². The molecule has 1 aliphatic heterocycles. The zero-order chi connectivity index (χ0) is 16.9. The maximum atomic E-state index is 12.5. The van der Waals surface area contributed by atoms with Crippen molar-refractivity contribution < 1.29 is 18.7 Å². The summed E-state index contributed by atoms with van der Waals surface area (Å²) in [6, 6.07) is 7.02. The minimum absolute atomic E-state index is 0.0833. The Bertz CT molecular complexity index is 697. The van der Waals surface area contributed by atoms with Gasteiger partial charge < -0.3 is 14.1 Å². The van der Waals surface area contributed by atoms with E-state index < -0.39 is 6.04 Å². The van der Waals surface area contributed by atoms with Gasteiger partial charge in [-0.25, -0.2) is 9.78 Å². The summed E-state index contributed by atoms with van der Waals surface area (Å²) < 4.78 is 10.7. The number of ether oxygens (including phenoxy) is 1. The molecule has 7 heteroatoms. The first-order valence-electron chi connectivity index (χ1n) is 8.13. The van der Waals surface area contributed by atoms with Crippen LogP contribution in [0.2, 0.25) is 0 Å². The number of thioether (sulfide) groups is 1. The number of likely N-dealkylation sites (tertiary alicyclic amines) is 1. The summed E-state index contributed by atoms with van der Waals surface area (Å²) in [6.45, 7) is 2.70. The summed E-state index contributed by atoms with van der Waals surface area (Å²) >= 11 is 1.25. The molecule has 0 unspecified atom stereocenters. The second-order valence-corrected chi connectivity index (χ2v) is 6.51. The van der Waals surface area contributed by atoms with Gasteiger partial charge in [-0.2, -0.15) is 0 Å². The number of aromatic nitrogens is 1. The predicted octanol–water partition coefficient (Wildman–Crippen LogP) is 2.86. The van der Waals surface area contributed by atoms with Gasteiger partial charge in [-0.3, -0.25) is 4.79 Å². The van der Waals surface area contributed by atoms with Gasteiger partial charge in [0.15, 0.2) is 5.58 Å². The van der Waals surface area contributed by atoms with Crippen molar-refractivity contribution in [3.05, 3.63) is 24.3 Å². The topological polar surface area (TPSA) is 72.6 Å². The van der Waals surface area contributed by atoms with Crippen LogP contribution in [0.5, 0.6) is 0 Å². The van der Waals surface area contributed by atoms with E-state index in [-0.39, 0.29) is 17.6 Å². The molecule has 0 saturated carbocycles. The minimum Gasteiger partial charge on any atom is -0.464 e. The molecule has 1 aromatic heterocycles. The second kappa shape index (κ2) is 7.70. The lowest BCUT2D eigenvalue weighted by atomic mass is 10.0. The van der Waals surface area contributed by atoms with Crippen LogP contribution in [-0.4, -0.2) is 46.7 Å². The highest BCUT2D eigenvalue weighted by atomic mass is 32.2. The van der Waals surface area contributed by atoms with E-state index >= 15 is 0 Å². The second-order valence-electron chi connectivity index (χ2n) is 5.59. The van der Waals surface area contributed by atoms with Crippen LogP contribution >= 0.6 is 11.8 Å². The molecular weight excluding hydrogens is 328 g/mol. The minimum atomic E-state index is -0.463. The molecule has 1 fully saturated rings. The average Bonchev–Trinajstić information content (AvgIpc) is 3.03. The van der Waals surface area contributed by atoms with Crippen molar-refractivity contribution in [2.24, 2.45) is 0 Å². The van der Waals surface area contributed by atoms with Crippen molar-refractivity contribution in [2.45, 2.75) is 37.5 Å². The fourth-order valence-electron chi connectivity index (χ4n) is 2.83. The number of nitrogens with zero attached hydrogens (tertiary/aromatic N) is 2. The Morgan fingerprint density at radius 1 is 1.38 bits per heavy atom. The fraction of sp³-hybridized carbons (Fsp3) is 0.471. The number of fused-ring (bicyclic) bond motifs is 1. The van der Waals surface area contributed by atoms with Gasteiger partial charge in [-0.1, -0.05) is 23.9 Å². The maximum Gasteiger partial charge on any atom is 0.328 e. The van der Waals surface area contributed by atoms with Gasteiger partial charge in [0.2, 0.25) is 5.91 Å². The highest BCUT2D eigenvalue weighted by Crippen LogP contribution is 2.25. The molecule has 1 saturated heterocycles. The Hall–Kier alpha value is -2.02. The summed E-state index contributed by atoms with van der Waals surface area (Å²) in [5.74, 6) is -0.194. The summed E-state index contributed by atoms with van der Waals surface area (Å²) in [4.78, 5) is 30.6. The van der Waals surface area contributed by atoms with Crippen LogP contribution in [0.3, 0.4) is 0 Å². The molecule has 0 radical (unpaired) electrons. The van der Waals surface area contributed by atoms with Gasteiger partial charge in [0, 0.05) is 6.54 Å². The number of esters is 1. The number of oxazole rings is 1. The molecule has 128 valence electrons. The Morgan fingerprint density at radius 3 is 3.00 bits per heavy atom. The lowest BCUT2D eigenvalue weighted by Gasteiger charge is -2.33. The Morgan fingerprint density at radius 2 is 2.21 bits per heavy atom. The number of hydrogen-bond acceptors (Lipinski definition) is 6. The number of rotatable bonds is 5. The average molecular weight is 348 g/mol. The highest BCUT2D eigenvalue weighted by molar-refractivity contribution is 7.99. The van der Waals surface area contributed by atoms with Crippen LogP contribution in [0.4, 0.5) is 0 Å². The van der Waals surface area contributed by atoms with Crippen molar-refractivity contribution >= 4 is 34.7 Å². The summed E-state index contributed by atoms with van der Waals surface area (Å²) in [5.41, 5.74) is 1.48. The van der Waals surface area contributed by atoms with Crippen LogP contribution in [0.1, 0.15) is 26.2 Å². The Balaban J connectivity index is 1.63. The molecule has 24 heavy (non-hydrogen) atoms. The van der Waals surface area contributed by atoms with Gasteiger partial charge >= 0.3 is 5.97 Å². The normalized spacial score (nSPS) is 17.9. The molecular formula is C17H20N2O4S. The first kappa shape index (κ1) is 16.8. The molecule has 0 bridgehead atoms. The monoisotopic (exact) mass is 348 g/mol. The van der Waals surface area contributed by atoms with Crippen LogP contribution in [-0.2, 0) is 14.3 Å². The van der Waals surface area contributed by atoms with Gasteiger partial charge in [0.25, 0.3) is 5.22 Å². The molecule has 2 heterocycles. The third-order valence-electron chi connectivity index (χ3n) is 3.98. The Labute approximate surface area is 144 Å². The van der Waals surface area contributed by atoms with E-state index in [0.29, 0.717) is 30.4 Å². The predicted molar refractivity (Wildman–Crippen MR) is 90.7 cm³/mol. The van der Waals surface area contributed by atoms with E-state index in [9.17, 15) is 9.59 Å². The summed E-state index contributed by atoms with van der Waals surface area (Å²) in [6.07, 6.45) is 2.51. The van der Waals surface area contributed by atoms with Crippen molar-refractivity contribution in [2.75, 3.05) is 18.9 Å². The van der Waals surface area contributed by atoms with Crippen LogP contribution < -0.4 is 0 Å². The molecule has 1 aliphatic rings. The molecule has 0 spiro atoms. The SMILES string of the molecule is CCOC(=O)[C@@H]1CCCCN1C(=O)CSc1nc2ccccc2o1. The fourth-order valence-corrected chi connectivity index (χ4v) is 3.56. The van der Waals surface area contributed by atoms with E-state index in [1.165, 1.54) is 11.8 Å². The summed E-state index contributed by atoms with van der Waals surface area (Å²) in [5, 5.41) is 0.467. The quantitative estimate of drug-likeness (QED) is 0.611. The lowest BCUT2D eigenvalue weighted by Crippen LogP contribution is -2.49. The van der Waals surface area contributed by atoms with Gasteiger partial charge in [-0.15, -0.1) is 0 Å². The summed E-state index contributed by atoms with van der Waals surface area (Å²) in [7, 11) is 0. The maximum absolute atomic E-state index is 12.5. The molecule has 0 aliphatic carbocycles. The largest absolute Gasteiger partial charge is 0.464 e. The van der Waals surface area contributed by atoms with E-state index in [4.69, 9.17) is 9.15 Å². The van der Waals surface area contributed by atoms with E-state index in [1.807, 2.05) is 24.3 Å². The number of carbonyl (C=O) groups is 2. The third-order valence-corrected chi connectivity index (χ3v) is 4.79. The van der Waals surface area contributed by atoms with Crippen LogP contribution in [0.25, 0.3) is 11.1 Å². The molecule has 0 N–H and O–H groups in total. The molecule has 1 amide bonds. The molecule has 1 atom stereocenters. The van der Waals surface area contributed by atoms with Gasteiger partial charge in [0.05, 0.1) is 12.4 Å². The van der Waals surface area contributed by atoms with E-state index in [2.05, 4.69) is 4.98 Å². The lowest BCUT2D eigenvalue weighted by molar-refractivity contribution is -0.155. The Kier molecular flexibility index (Phi) is 5.40. The van der Waals surface area contributed by atoms with Crippen LogP contribution in [0.15, 0.2) is 33.9 Å². The number of amides is 1. The zero-order valence-corrected chi connectivity index (χ0v) is 14.4. The van der Waals surface area contributed by atoms with Crippen molar-refractivity contribution in [3.8, 4) is 0 Å². The zero-order valence-electron chi connectivity index (χ0n) is 13.6. The van der Waals surface area contributed by atoms with E-state index in [0.717, 1.165) is 18.4 Å². The standard InChI is InChI=1S/C17H20N2O4S/c1-2-22-16(21)13-8-5-6-10-19(13)15(20)11-24-17-18-12-7-3-4-9-14(12)23-17/h3-4,7,9,13H,2,5-6,8,10-11H2,1H3/t13-/m0/s1. The molecule has 2 aromatic rings. The van der Waals surface area contributed by atoms with Crippen LogP contribution in [0, 0.1) is 0 Å². The first-order valence-corrected chi connectivity index (χ1v) is 9.12. The smallest absolute Gasteiger partial charge is 0.328 e. The highest BCUT2D eigenvalue weighted by Gasteiger charge is 2.33. The molecule has 1 aromatic carbocycles. The molecule has 3 rings (SSSR count). The van der Waals surface area contributed by atoms with Crippen molar-refractivity contribution in [1.29, 1.82) is 0 Å². The first-order chi connectivity index (χ1) is 11.7. The number of hydrogen-bond donors (Lipinski definition) is 0.